The molecule has 24 heavy (non-hydrogen) atoms. The molecular weight excluding hydrogens is 302 g/mol. The van der Waals surface area contributed by atoms with E-state index in [4.69, 9.17) is 14.6 Å². The monoisotopic (exact) mass is 327 g/mol. The van der Waals surface area contributed by atoms with Gasteiger partial charge in [-0.3, -0.25) is 4.90 Å². The van der Waals surface area contributed by atoms with Crippen LogP contribution < -0.4 is 0 Å². The van der Waals surface area contributed by atoms with Crippen LogP contribution in [0, 0.1) is 0 Å². The molecule has 0 spiro atoms. The Morgan fingerprint density at radius 2 is 1.79 bits per heavy atom. The summed E-state index contributed by atoms with van der Waals surface area (Å²) in [6.07, 6.45) is -0.187. The minimum atomic E-state index is -0.156. The Labute approximate surface area is 143 Å². The van der Waals surface area contributed by atoms with Crippen LogP contribution in [-0.4, -0.2) is 49.0 Å². The van der Waals surface area contributed by atoms with Crippen LogP contribution in [0.2, 0.25) is 0 Å². The lowest BCUT2D eigenvalue weighted by atomic mass is 10.0. The number of aliphatic hydroxyl groups is 1. The maximum absolute atomic E-state index is 9.13. The summed E-state index contributed by atoms with van der Waals surface area (Å²) in [7, 11) is 0. The lowest BCUT2D eigenvalue weighted by molar-refractivity contribution is -0.119. The van der Waals surface area contributed by atoms with Gasteiger partial charge < -0.3 is 14.6 Å². The van der Waals surface area contributed by atoms with Crippen molar-refractivity contribution in [3.63, 3.8) is 0 Å². The fourth-order valence-corrected chi connectivity index (χ4v) is 3.14. The molecule has 2 unspecified atom stereocenters. The number of morpholine rings is 1. The van der Waals surface area contributed by atoms with Crippen LogP contribution in [0.5, 0.6) is 0 Å². The van der Waals surface area contributed by atoms with E-state index in [1.807, 2.05) is 24.3 Å². The van der Waals surface area contributed by atoms with Crippen molar-refractivity contribution < 1.29 is 14.6 Å². The smallest absolute Gasteiger partial charge is 0.110 e. The van der Waals surface area contributed by atoms with E-state index in [0.717, 1.165) is 25.2 Å². The van der Waals surface area contributed by atoms with Crippen LogP contribution in [0.1, 0.15) is 17.2 Å². The molecule has 128 valence electrons. The Bertz CT molecular complexity index is 590. The largest absolute Gasteiger partial charge is 0.394 e. The Morgan fingerprint density at radius 1 is 1.08 bits per heavy atom. The summed E-state index contributed by atoms with van der Waals surface area (Å²) < 4.78 is 11.9. The van der Waals surface area contributed by atoms with Gasteiger partial charge >= 0.3 is 0 Å². The fourth-order valence-electron chi connectivity index (χ4n) is 3.14. The third-order valence-corrected chi connectivity index (χ3v) is 4.28. The highest BCUT2D eigenvalue weighted by atomic mass is 16.5. The number of ether oxygens (including phenoxy) is 2. The molecule has 0 radical (unpaired) electrons. The molecule has 0 bridgehead atoms. The van der Waals surface area contributed by atoms with Crippen molar-refractivity contribution in [2.24, 2.45) is 0 Å². The highest BCUT2D eigenvalue weighted by molar-refractivity contribution is 5.19. The third-order valence-electron chi connectivity index (χ3n) is 4.28. The molecule has 1 N–H and O–H groups in total. The van der Waals surface area contributed by atoms with E-state index in [9.17, 15) is 0 Å². The molecule has 4 heteroatoms. The van der Waals surface area contributed by atoms with Gasteiger partial charge in [0.2, 0.25) is 0 Å². The molecule has 0 amide bonds. The van der Waals surface area contributed by atoms with Crippen LogP contribution in [-0.2, 0) is 16.0 Å². The molecule has 1 aliphatic heterocycles. The number of benzene rings is 2. The predicted molar refractivity (Wildman–Crippen MR) is 93.7 cm³/mol. The second-order valence-electron chi connectivity index (χ2n) is 6.06. The molecule has 1 aliphatic rings. The van der Waals surface area contributed by atoms with Crippen molar-refractivity contribution in [2.75, 3.05) is 32.9 Å². The summed E-state index contributed by atoms with van der Waals surface area (Å²) in [5.74, 6) is 0. The van der Waals surface area contributed by atoms with Crippen molar-refractivity contribution in [3.8, 4) is 0 Å². The fraction of sp³-hybridized carbons (Fsp3) is 0.400. The van der Waals surface area contributed by atoms with Crippen molar-refractivity contribution in [1.82, 2.24) is 4.90 Å². The topological polar surface area (TPSA) is 41.9 Å². The maximum Gasteiger partial charge on any atom is 0.110 e. The number of rotatable bonds is 7. The van der Waals surface area contributed by atoms with Gasteiger partial charge in [-0.2, -0.15) is 0 Å². The second kappa shape index (κ2) is 8.94. The van der Waals surface area contributed by atoms with E-state index >= 15 is 0 Å². The van der Waals surface area contributed by atoms with Gasteiger partial charge in [-0.15, -0.1) is 0 Å². The summed E-state index contributed by atoms with van der Waals surface area (Å²) >= 11 is 0. The molecule has 3 rings (SSSR count). The molecule has 0 aliphatic carbocycles. The molecule has 2 aromatic rings. The SMILES string of the molecule is OCCOC(c1ccccc1)C1CN(Cc2ccccc2)CCO1. The lowest BCUT2D eigenvalue weighted by Crippen LogP contribution is -2.45. The maximum atomic E-state index is 9.13. The summed E-state index contributed by atoms with van der Waals surface area (Å²) in [6, 6.07) is 20.6. The summed E-state index contributed by atoms with van der Waals surface area (Å²) in [5, 5.41) is 9.13. The number of nitrogens with zero attached hydrogens (tertiary/aromatic N) is 1. The minimum Gasteiger partial charge on any atom is -0.394 e. The first kappa shape index (κ1) is 17.1. The van der Waals surface area contributed by atoms with Crippen molar-refractivity contribution >= 4 is 0 Å². The second-order valence-corrected chi connectivity index (χ2v) is 6.06. The van der Waals surface area contributed by atoms with Gasteiger partial charge in [0.1, 0.15) is 12.2 Å². The number of hydrogen-bond acceptors (Lipinski definition) is 4. The van der Waals surface area contributed by atoms with Crippen molar-refractivity contribution in [1.29, 1.82) is 0 Å². The van der Waals surface area contributed by atoms with E-state index < -0.39 is 0 Å². The van der Waals surface area contributed by atoms with E-state index in [2.05, 4.69) is 41.3 Å². The van der Waals surface area contributed by atoms with Crippen LogP contribution in [0.3, 0.4) is 0 Å². The standard InChI is InChI=1S/C20H25NO3/c22-12-14-24-20(18-9-5-2-6-10-18)19-16-21(11-13-23-19)15-17-7-3-1-4-8-17/h1-10,19-20,22H,11-16H2. The highest BCUT2D eigenvalue weighted by Crippen LogP contribution is 2.26. The number of aliphatic hydroxyl groups excluding tert-OH is 1. The Balaban J connectivity index is 1.68. The zero-order chi connectivity index (χ0) is 16.6. The number of hydrogen-bond donors (Lipinski definition) is 1. The molecule has 0 aromatic heterocycles. The van der Waals surface area contributed by atoms with Crippen molar-refractivity contribution in [3.05, 3.63) is 71.8 Å². The molecule has 2 atom stereocenters. The van der Waals surface area contributed by atoms with Gasteiger partial charge in [-0.25, -0.2) is 0 Å². The van der Waals surface area contributed by atoms with Gasteiger partial charge in [0, 0.05) is 19.6 Å². The van der Waals surface area contributed by atoms with E-state index in [1.54, 1.807) is 0 Å². The van der Waals surface area contributed by atoms with E-state index in [0.29, 0.717) is 13.2 Å². The zero-order valence-electron chi connectivity index (χ0n) is 13.9. The Hall–Kier alpha value is -1.72. The molecule has 1 fully saturated rings. The molecule has 2 aromatic carbocycles. The summed E-state index contributed by atoms with van der Waals surface area (Å²) in [5.41, 5.74) is 2.41. The summed E-state index contributed by atoms with van der Waals surface area (Å²) in [6.45, 7) is 3.69. The van der Waals surface area contributed by atoms with Gasteiger partial charge in [0.05, 0.1) is 19.8 Å². The molecular formula is C20H25NO3. The first-order chi connectivity index (χ1) is 11.9. The van der Waals surface area contributed by atoms with Gasteiger partial charge in [0.15, 0.2) is 0 Å². The molecule has 4 nitrogen and oxygen atoms in total. The van der Waals surface area contributed by atoms with Crippen LogP contribution >= 0.6 is 0 Å². The highest BCUT2D eigenvalue weighted by Gasteiger charge is 2.30. The quantitative estimate of drug-likeness (QED) is 0.849. The zero-order valence-corrected chi connectivity index (χ0v) is 13.9. The lowest BCUT2D eigenvalue weighted by Gasteiger charge is -2.37. The average Bonchev–Trinajstić information content (AvgIpc) is 2.64. The van der Waals surface area contributed by atoms with E-state index in [-0.39, 0.29) is 18.8 Å². The van der Waals surface area contributed by atoms with Crippen molar-refractivity contribution in [2.45, 2.75) is 18.8 Å². The van der Waals surface area contributed by atoms with Crippen LogP contribution in [0.25, 0.3) is 0 Å². The third kappa shape index (κ3) is 4.65. The van der Waals surface area contributed by atoms with Crippen LogP contribution in [0.4, 0.5) is 0 Å². The average molecular weight is 327 g/mol. The minimum absolute atomic E-state index is 0.0176. The Kier molecular flexibility index (Phi) is 6.38. The van der Waals surface area contributed by atoms with Crippen LogP contribution in [0.15, 0.2) is 60.7 Å². The van der Waals surface area contributed by atoms with E-state index in [1.165, 1.54) is 5.56 Å². The first-order valence-corrected chi connectivity index (χ1v) is 8.52. The molecule has 1 saturated heterocycles. The molecule has 1 heterocycles. The van der Waals surface area contributed by atoms with Gasteiger partial charge in [0.25, 0.3) is 0 Å². The molecule has 0 saturated carbocycles. The van der Waals surface area contributed by atoms with Gasteiger partial charge in [-0.1, -0.05) is 60.7 Å². The first-order valence-electron chi connectivity index (χ1n) is 8.52. The summed E-state index contributed by atoms with van der Waals surface area (Å²) in [4.78, 5) is 2.40. The normalized spacial score (nSPS) is 20.0. The van der Waals surface area contributed by atoms with Gasteiger partial charge in [-0.05, 0) is 11.1 Å². The predicted octanol–water partition coefficient (Wildman–Crippen LogP) is 2.64. The Morgan fingerprint density at radius 3 is 2.50 bits per heavy atom.